The van der Waals surface area contributed by atoms with Crippen molar-refractivity contribution in [2.45, 2.75) is 12.8 Å². The number of pyridine rings is 1. The molecule has 0 aliphatic carbocycles. The van der Waals surface area contributed by atoms with E-state index in [4.69, 9.17) is 4.52 Å². The van der Waals surface area contributed by atoms with Crippen LogP contribution in [0.3, 0.4) is 0 Å². The molecule has 3 aromatic rings. The van der Waals surface area contributed by atoms with E-state index < -0.39 is 0 Å². The number of nitrogens with zero attached hydrogens (tertiary/aromatic N) is 6. The van der Waals surface area contributed by atoms with Gasteiger partial charge in [0.1, 0.15) is 17.7 Å². The number of nitrogens with one attached hydrogen (secondary N) is 1. The average molecular weight is 337 g/mol. The Kier molecular flexibility index (Phi) is 4.60. The van der Waals surface area contributed by atoms with Gasteiger partial charge < -0.3 is 14.7 Å². The lowest BCUT2D eigenvalue weighted by Crippen LogP contribution is -2.26. The molecule has 1 aliphatic heterocycles. The highest BCUT2D eigenvalue weighted by Crippen LogP contribution is 2.25. The zero-order chi connectivity index (χ0) is 16.9. The van der Waals surface area contributed by atoms with E-state index >= 15 is 0 Å². The second kappa shape index (κ2) is 7.35. The highest BCUT2D eigenvalue weighted by molar-refractivity contribution is 5.69. The van der Waals surface area contributed by atoms with Crippen molar-refractivity contribution in [3.63, 3.8) is 0 Å². The summed E-state index contributed by atoms with van der Waals surface area (Å²) in [6, 6.07) is 3.68. The lowest BCUT2D eigenvalue weighted by molar-refractivity contribution is 0.352. The fourth-order valence-corrected chi connectivity index (χ4v) is 2.92. The third kappa shape index (κ3) is 3.63. The summed E-state index contributed by atoms with van der Waals surface area (Å²) in [5.74, 6) is 1.62. The van der Waals surface area contributed by atoms with Gasteiger partial charge in [-0.2, -0.15) is 4.98 Å². The standard InChI is InChI=1S/C17H19N7O/c1-2-9-24(8-1)10-7-20-16-14(11-19-12-21-16)17-22-15(23-25-17)13-3-5-18-6-4-13/h3-6,11-12H,1-2,7-10H2,(H,19,20,21). The second-order valence-electron chi connectivity index (χ2n) is 5.92. The van der Waals surface area contributed by atoms with Crippen LogP contribution in [0.2, 0.25) is 0 Å². The van der Waals surface area contributed by atoms with Gasteiger partial charge in [0.25, 0.3) is 5.89 Å². The molecule has 1 fully saturated rings. The molecule has 128 valence electrons. The zero-order valence-corrected chi connectivity index (χ0v) is 13.8. The molecule has 4 rings (SSSR count). The minimum Gasteiger partial charge on any atom is -0.368 e. The summed E-state index contributed by atoms with van der Waals surface area (Å²) in [4.78, 5) is 19.3. The van der Waals surface area contributed by atoms with Crippen LogP contribution in [-0.2, 0) is 0 Å². The molecule has 0 radical (unpaired) electrons. The van der Waals surface area contributed by atoms with Crippen LogP contribution in [0.25, 0.3) is 22.8 Å². The summed E-state index contributed by atoms with van der Waals surface area (Å²) >= 11 is 0. The Bertz CT molecular complexity index is 815. The minimum absolute atomic E-state index is 0.399. The van der Waals surface area contributed by atoms with Gasteiger partial charge in [-0.1, -0.05) is 5.16 Å². The van der Waals surface area contributed by atoms with Crippen LogP contribution in [-0.4, -0.2) is 56.2 Å². The smallest absolute Gasteiger partial charge is 0.263 e. The molecule has 25 heavy (non-hydrogen) atoms. The Morgan fingerprint density at radius 3 is 2.80 bits per heavy atom. The molecule has 0 amide bonds. The first kappa shape index (κ1) is 15.6. The van der Waals surface area contributed by atoms with Crippen LogP contribution < -0.4 is 5.32 Å². The van der Waals surface area contributed by atoms with Gasteiger partial charge in [-0.05, 0) is 38.1 Å². The first-order valence-electron chi connectivity index (χ1n) is 8.41. The van der Waals surface area contributed by atoms with Gasteiger partial charge in [-0.3, -0.25) is 4.98 Å². The van der Waals surface area contributed by atoms with Crippen molar-refractivity contribution in [3.8, 4) is 22.8 Å². The highest BCUT2D eigenvalue weighted by atomic mass is 16.5. The van der Waals surface area contributed by atoms with Crippen molar-refractivity contribution in [1.82, 2.24) is 30.0 Å². The third-order valence-corrected chi connectivity index (χ3v) is 4.23. The number of likely N-dealkylation sites (tertiary alicyclic amines) is 1. The van der Waals surface area contributed by atoms with E-state index in [1.807, 2.05) is 12.1 Å². The molecule has 1 N–H and O–H groups in total. The number of hydrogen-bond donors (Lipinski definition) is 1. The molecule has 1 saturated heterocycles. The van der Waals surface area contributed by atoms with Crippen LogP contribution >= 0.6 is 0 Å². The predicted octanol–water partition coefficient (Wildman–Crippen LogP) is 2.10. The van der Waals surface area contributed by atoms with Crippen LogP contribution in [0.15, 0.2) is 41.6 Å². The fourth-order valence-electron chi connectivity index (χ4n) is 2.92. The van der Waals surface area contributed by atoms with E-state index in [1.165, 1.54) is 32.3 Å². The predicted molar refractivity (Wildman–Crippen MR) is 92.7 cm³/mol. The van der Waals surface area contributed by atoms with E-state index in [1.54, 1.807) is 18.6 Å². The molecule has 0 atom stereocenters. The van der Waals surface area contributed by atoms with Crippen molar-refractivity contribution >= 4 is 5.82 Å². The average Bonchev–Trinajstić information content (AvgIpc) is 3.35. The minimum atomic E-state index is 0.399. The molecule has 3 aromatic heterocycles. The van der Waals surface area contributed by atoms with Gasteiger partial charge in [0.2, 0.25) is 5.82 Å². The van der Waals surface area contributed by atoms with Crippen LogP contribution in [0.1, 0.15) is 12.8 Å². The number of anilines is 1. The van der Waals surface area contributed by atoms with Gasteiger partial charge in [-0.25, -0.2) is 9.97 Å². The molecule has 8 heteroatoms. The quantitative estimate of drug-likeness (QED) is 0.731. The van der Waals surface area contributed by atoms with Crippen molar-refractivity contribution in [3.05, 3.63) is 37.1 Å². The first-order valence-corrected chi connectivity index (χ1v) is 8.41. The Hall–Kier alpha value is -2.87. The summed E-state index contributed by atoms with van der Waals surface area (Å²) in [6.07, 6.45) is 9.18. The summed E-state index contributed by atoms with van der Waals surface area (Å²) in [7, 11) is 0. The fraction of sp³-hybridized carbons (Fsp3) is 0.353. The molecule has 1 aliphatic rings. The normalized spacial score (nSPS) is 14.7. The van der Waals surface area contributed by atoms with Gasteiger partial charge in [0.15, 0.2) is 0 Å². The van der Waals surface area contributed by atoms with E-state index in [0.29, 0.717) is 23.1 Å². The molecule has 0 bridgehead atoms. The summed E-state index contributed by atoms with van der Waals surface area (Å²) in [5, 5.41) is 7.40. The molecule has 0 unspecified atom stereocenters. The largest absolute Gasteiger partial charge is 0.368 e. The summed E-state index contributed by atoms with van der Waals surface area (Å²) in [6.45, 7) is 4.17. The first-order chi connectivity index (χ1) is 12.4. The molecular formula is C17H19N7O. The molecular weight excluding hydrogens is 318 g/mol. The van der Waals surface area contributed by atoms with Crippen molar-refractivity contribution in [2.24, 2.45) is 0 Å². The van der Waals surface area contributed by atoms with Gasteiger partial charge in [0.05, 0.1) is 0 Å². The van der Waals surface area contributed by atoms with Crippen LogP contribution in [0.5, 0.6) is 0 Å². The third-order valence-electron chi connectivity index (χ3n) is 4.23. The van der Waals surface area contributed by atoms with E-state index in [-0.39, 0.29) is 0 Å². The lowest BCUT2D eigenvalue weighted by Gasteiger charge is -2.15. The Morgan fingerprint density at radius 2 is 1.96 bits per heavy atom. The van der Waals surface area contributed by atoms with Crippen molar-refractivity contribution in [2.75, 3.05) is 31.5 Å². The van der Waals surface area contributed by atoms with Gasteiger partial charge in [0, 0.05) is 37.2 Å². The lowest BCUT2D eigenvalue weighted by atomic mass is 10.2. The van der Waals surface area contributed by atoms with Crippen LogP contribution in [0.4, 0.5) is 5.82 Å². The molecule has 8 nitrogen and oxygen atoms in total. The maximum atomic E-state index is 5.41. The number of hydrogen-bond acceptors (Lipinski definition) is 8. The Labute approximate surface area is 145 Å². The van der Waals surface area contributed by atoms with Crippen molar-refractivity contribution < 1.29 is 4.52 Å². The zero-order valence-electron chi connectivity index (χ0n) is 13.8. The highest BCUT2D eigenvalue weighted by Gasteiger charge is 2.16. The summed E-state index contributed by atoms with van der Waals surface area (Å²) in [5.41, 5.74) is 1.56. The molecule has 0 aromatic carbocycles. The van der Waals surface area contributed by atoms with E-state index in [0.717, 1.165) is 18.7 Å². The maximum Gasteiger partial charge on any atom is 0.263 e. The van der Waals surface area contributed by atoms with Gasteiger partial charge in [-0.15, -0.1) is 0 Å². The summed E-state index contributed by atoms with van der Waals surface area (Å²) < 4.78 is 5.41. The SMILES string of the molecule is c1cc(-c2noc(-c3cncnc3NCCN3CCCC3)n2)ccn1. The number of aromatic nitrogens is 5. The van der Waals surface area contributed by atoms with Gasteiger partial charge >= 0.3 is 0 Å². The molecule has 0 saturated carbocycles. The number of rotatable bonds is 6. The topological polar surface area (TPSA) is 92.9 Å². The monoisotopic (exact) mass is 337 g/mol. The Morgan fingerprint density at radius 1 is 1.12 bits per heavy atom. The Balaban J connectivity index is 1.49. The van der Waals surface area contributed by atoms with E-state index in [9.17, 15) is 0 Å². The second-order valence-corrected chi connectivity index (χ2v) is 5.92. The van der Waals surface area contributed by atoms with E-state index in [2.05, 4.69) is 35.3 Å². The molecule has 0 spiro atoms. The molecule has 4 heterocycles. The van der Waals surface area contributed by atoms with Crippen molar-refractivity contribution in [1.29, 1.82) is 0 Å². The van der Waals surface area contributed by atoms with Crippen LogP contribution in [0, 0.1) is 0 Å². The maximum absolute atomic E-state index is 5.41.